The Morgan fingerprint density at radius 2 is 1.83 bits per heavy atom. The number of nitro groups is 2. The van der Waals surface area contributed by atoms with Crippen LogP contribution in [0.2, 0.25) is 0 Å². The van der Waals surface area contributed by atoms with Gasteiger partial charge in [-0.2, -0.15) is 8.78 Å². The van der Waals surface area contributed by atoms with Crippen molar-refractivity contribution in [1.29, 1.82) is 0 Å². The number of nitrogens with zero attached hydrogens (tertiary/aromatic N) is 2. The number of hydrogen-bond acceptors (Lipinski definition) is 7. The third-order valence-corrected chi connectivity index (χ3v) is 2.44. The van der Waals surface area contributed by atoms with Crippen molar-refractivity contribution in [3.63, 3.8) is 0 Å². The summed E-state index contributed by atoms with van der Waals surface area (Å²) in [6.07, 6.45) is -4.04. The Balaban J connectivity index is 2.72. The minimum atomic E-state index is -4.55. The molecule has 0 spiro atoms. The fourth-order valence-electron chi connectivity index (χ4n) is 1.30. The molecule has 1 rings (SSSR count). The molecule has 0 aromatic heterocycles. The number of rotatable bonds is 8. The van der Waals surface area contributed by atoms with Gasteiger partial charge in [-0.1, -0.05) is 0 Å². The minimum Gasteiger partial charge on any atom is -0.475 e. The summed E-state index contributed by atoms with van der Waals surface area (Å²) >= 11 is 0. The van der Waals surface area contributed by atoms with Gasteiger partial charge in [0.2, 0.25) is 0 Å². The smallest absolute Gasteiger partial charge is 0.344 e. The van der Waals surface area contributed by atoms with Crippen LogP contribution in [-0.4, -0.2) is 41.4 Å². The third-order valence-electron chi connectivity index (χ3n) is 2.44. The maximum absolute atomic E-state index is 12.5. The standard InChI is InChI=1S/C11H8F4N2O7/c12-10(13)11(14,15)5-24-9(18)4-23-8-2-1-6(16(19)20)3-7(8)17(21)22/h1-3,10H,4-5H2. The van der Waals surface area contributed by atoms with Crippen molar-refractivity contribution in [2.45, 2.75) is 12.3 Å². The molecule has 0 amide bonds. The molecule has 1 aromatic rings. The van der Waals surface area contributed by atoms with Crippen LogP contribution in [0.25, 0.3) is 0 Å². The lowest BCUT2D eigenvalue weighted by Gasteiger charge is -2.15. The molecule has 0 fully saturated rings. The Bertz CT molecular complexity index is 653. The van der Waals surface area contributed by atoms with Crippen LogP contribution in [-0.2, 0) is 9.53 Å². The number of non-ortho nitro benzene ring substituents is 1. The number of esters is 1. The lowest BCUT2D eigenvalue weighted by molar-refractivity contribution is -0.394. The average Bonchev–Trinajstić information content (AvgIpc) is 2.50. The summed E-state index contributed by atoms with van der Waals surface area (Å²) in [5.41, 5.74) is -1.47. The van der Waals surface area contributed by atoms with E-state index in [0.29, 0.717) is 6.07 Å². The average molecular weight is 356 g/mol. The Morgan fingerprint density at radius 3 is 2.33 bits per heavy atom. The van der Waals surface area contributed by atoms with Crippen molar-refractivity contribution >= 4 is 17.3 Å². The van der Waals surface area contributed by atoms with Crippen molar-refractivity contribution in [2.24, 2.45) is 0 Å². The molecule has 0 aliphatic rings. The van der Waals surface area contributed by atoms with E-state index in [0.717, 1.165) is 12.1 Å². The maximum Gasteiger partial charge on any atom is 0.344 e. The van der Waals surface area contributed by atoms with Gasteiger partial charge in [0, 0.05) is 6.07 Å². The Labute approximate surface area is 130 Å². The van der Waals surface area contributed by atoms with E-state index in [-0.39, 0.29) is 0 Å². The van der Waals surface area contributed by atoms with E-state index >= 15 is 0 Å². The van der Waals surface area contributed by atoms with Gasteiger partial charge in [0.25, 0.3) is 5.69 Å². The maximum atomic E-state index is 12.5. The first-order chi connectivity index (χ1) is 11.0. The van der Waals surface area contributed by atoms with Crippen molar-refractivity contribution in [2.75, 3.05) is 13.2 Å². The SMILES string of the molecule is O=C(COc1ccc([N+](=O)[O-])cc1[N+](=O)[O-])OCC(F)(F)C(F)F. The highest BCUT2D eigenvalue weighted by Crippen LogP contribution is 2.31. The highest BCUT2D eigenvalue weighted by Gasteiger charge is 2.42. The second kappa shape index (κ2) is 7.52. The number of nitro benzene ring substituents is 2. The molecule has 13 heteroatoms. The molecule has 0 unspecified atom stereocenters. The molecule has 1 aromatic carbocycles. The van der Waals surface area contributed by atoms with E-state index in [2.05, 4.69) is 9.47 Å². The van der Waals surface area contributed by atoms with Gasteiger partial charge in [-0.3, -0.25) is 20.2 Å². The molecule has 0 N–H and O–H groups in total. The number of ether oxygens (including phenoxy) is 2. The molecule has 0 saturated heterocycles. The second-order valence-electron chi connectivity index (χ2n) is 4.18. The first kappa shape index (κ1) is 19.1. The normalized spacial score (nSPS) is 11.2. The fourth-order valence-corrected chi connectivity index (χ4v) is 1.30. The van der Waals surface area contributed by atoms with Gasteiger partial charge >= 0.3 is 24.0 Å². The summed E-state index contributed by atoms with van der Waals surface area (Å²) in [6.45, 7) is -2.99. The van der Waals surface area contributed by atoms with E-state index in [4.69, 9.17) is 0 Å². The Kier molecular flexibility index (Phi) is 5.97. The first-order valence-electron chi connectivity index (χ1n) is 5.92. The van der Waals surface area contributed by atoms with Gasteiger partial charge in [-0.05, 0) is 6.07 Å². The quantitative estimate of drug-likeness (QED) is 0.303. The molecule has 0 aliphatic heterocycles. The van der Waals surface area contributed by atoms with Gasteiger partial charge in [0.15, 0.2) is 19.0 Å². The summed E-state index contributed by atoms with van der Waals surface area (Å²) in [4.78, 5) is 30.5. The predicted octanol–water partition coefficient (Wildman–Crippen LogP) is 2.33. The minimum absolute atomic E-state index is 0.561. The lowest BCUT2D eigenvalue weighted by Crippen LogP contribution is -2.34. The molecule has 0 aliphatic carbocycles. The summed E-state index contributed by atoms with van der Waals surface area (Å²) in [5.74, 6) is -6.60. The van der Waals surface area contributed by atoms with Gasteiger partial charge in [0.05, 0.1) is 15.9 Å². The Hall–Kier alpha value is -2.99. The zero-order chi connectivity index (χ0) is 18.5. The van der Waals surface area contributed by atoms with Gasteiger partial charge in [0.1, 0.15) is 0 Å². The van der Waals surface area contributed by atoms with Crippen LogP contribution in [0, 0.1) is 20.2 Å². The van der Waals surface area contributed by atoms with Crippen LogP contribution in [0.1, 0.15) is 0 Å². The fraction of sp³-hybridized carbons (Fsp3) is 0.364. The van der Waals surface area contributed by atoms with Crippen LogP contribution >= 0.6 is 0 Å². The molecule has 0 atom stereocenters. The van der Waals surface area contributed by atoms with Crippen LogP contribution in [0.4, 0.5) is 28.9 Å². The molecule has 0 bridgehead atoms. The van der Waals surface area contributed by atoms with Crippen LogP contribution in [0.3, 0.4) is 0 Å². The highest BCUT2D eigenvalue weighted by atomic mass is 19.3. The van der Waals surface area contributed by atoms with Crippen molar-refractivity contribution in [3.8, 4) is 5.75 Å². The molecule has 0 saturated carbocycles. The van der Waals surface area contributed by atoms with E-state index in [1.807, 2.05) is 0 Å². The number of carbonyl (C=O) groups excluding carboxylic acids is 1. The lowest BCUT2D eigenvalue weighted by atomic mass is 10.2. The Morgan fingerprint density at radius 1 is 1.21 bits per heavy atom. The van der Waals surface area contributed by atoms with E-state index in [1.165, 1.54) is 0 Å². The number of hydrogen-bond donors (Lipinski definition) is 0. The molecular weight excluding hydrogens is 348 g/mol. The van der Waals surface area contributed by atoms with Crippen molar-refractivity contribution < 1.29 is 41.7 Å². The molecule has 9 nitrogen and oxygen atoms in total. The number of carbonyl (C=O) groups is 1. The van der Waals surface area contributed by atoms with E-state index in [9.17, 15) is 42.6 Å². The van der Waals surface area contributed by atoms with Crippen molar-refractivity contribution in [1.82, 2.24) is 0 Å². The number of benzene rings is 1. The van der Waals surface area contributed by atoms with Gasteiger partial charge in [-0.15, -0.1) is 0 Å². The summed E-state index contributed by atoms with van der Waals surface area (Å²) < 4.78 is 57.3. The number of alkyl halides is 4. The third kappa shape index (κ3) is 5.03. The second-order valence-corrected chi connectivity index (χ2v) is 4.18. The molecular formula is C11H8F4N2O7. The largest absolute Gasteiger partial charge is 0.475 e. The van der Waals surface area contributed by atoms with E-state index in [1.54, 1.807) is 0 Å². The van der Waals surface area contributed by atoms with Gasteiger partial charge in [-0.25, -0.2) is 13.6 Å². The molecule has 0 heterocycles. The van der Waals surface area contributed by atoms with Crippen LogP contribution in [0.15, 0.2) is 18.2 Å². The van der Waals surface area contributed by atoms with Gasteiger partial charge < -0.3 is 9.47 Å². The monoisotopic (exact) mass is 356 g/mol. The van der Waals surface area contributed by atoms with E-state index < -0.39 is 58.5 Å². The van der Waals surface area contributed by atoms with Crippen molar-refractivity contribution in [3.05, 3.63) is 38.4 Å². The molecule has 0 radical (unpaired) electrons. The zero-order valence-corrected chi connectivity index (χ0v) is 11.5. The molecule has 132 valence electrons. The zero-order valence-electron chi connectivity index (χ0n) is 11.5. The summed E-state index contributed by atoms with van der Waals surface area (Å²) in [6, 6.07) is 2.22. The first-order valence-corrected chi connectivity index (χ1v) is 5.92. The highest BCUT2D eigenvalue weighted by molar-refractivity contribution is 5.71. The molecule has 24 heavy (non-hydrogen) atoms. The topological polar surface area (TPSA) is 122 Å². The predicted molar refractivity (Wildman–Crippen MR) is 67.2 cm³/mol. The summed E-state index contributed by atoms with van der Waals surface area (Å²) in [5, 5.41) is 21.3. The summed E-state index contributed by atoms with van der Waals surface area (Å²) in [7, 11) is 0. The van der Waals surface area contributed by atoms with Crippen LogP contribution in [0.5, 0.6) is 5.75 Å². The number of halogens is 4. The van der Waals surface area contributed by atoms with Crippen LogP contribution < -0.4 is 4.74 Å².